The second-order valence-corrected chi connectivity index (χ2v) is 9.38. The summed E-state index contributed by atoms with van der Waals surface area (Å²) in [7, 11) is 0. The Labute approximate surface area is 213 Å². The van der Waals surface area contributed by atoms with Crippen molar-refractivity contribution in [2.24, 2.45) is 0 Å². The number of ketones is 2. The highest BCUT2D eigenvalue weighted by Gasteiger charge is 2.34. The minimum atomic E-state index is -4.70. The number of halogens is 4. The number of pyridine rings is 1. The molecule has 13 heteroatoms. The number of rotatable bonds is 10. The van der Waals surface area contributed by atoms with Crippen LogP contribution in [0.1, 0.15) is 86.7 Å². The summed E-state index contributed by atoms with van der Waals surface area (Å²) in [5.74, 6) is -1.88. The van der Waals surface area contributed by atoms with Crippen molar-refractivity contribution >= 4 is 46.2 Å². The summed E-state index contributed by atoms with van der Waals surface area (Å²) >= 11 is 6.54. The number of thiazole rings is 1. The fraction of sp³-hybridized carbons (Fsp3) is 0.348. The van der Waals surface area contributed by atoms with E-state index in [0.717, 1.165) is 30.4 Å². The molecule has 0 aliphatic carbocycles. The molecule has 0 spiro atoms. The molecule has 1 amide bonds. The lowest BCUT2D eigenvalue weighted by Crippen LogP contribution is -2.13. The largest absolute Gasteiger partial charge is 0.418 e. The van der Waals surface area contributed by atoms with Crippen LogP contribution in [0.4, 0.5) is 19.0 Å². The summed E-state index contributed by atoms with van der Waals surface area (Å²) in [6.45, 7) is 3.71. The molecule has 3 aromatic heterocycles. The Balaban J connectivity index is 1.66. The maximum Gasteiger partial charge on any atom is 0.418 e. The first-order valence-electron chi connectivity index (χ1n) is 10.9. The number of nitrogens with one attached hydrogen (secondary N) is 1. The first kappa shape index (κ1) is 27.3. The minimum Gasteiger partial charge on any atom is -0.306 e. The number of Topliss-reactive ketones (excluding diaryl/α,β-unsaturated/α-hetero) is 2. The van der Waals surface area contributed by atoms with E-state index in [1.165, 1.54) is 18.6 Å². The smallest absolute Gasteiger partial charge is 0.306 e. The minimum absolute atomic E-state index is 0.0157. The van der Waals surface area contributed by atoms with E-state index in [1.54, 1.807) is 6.92 Å². The van der Waals surface area contributed by atoms with Gasteiger partial charge in [-0.1, -0.05) is 31.9 Å². The Morgan fingerprint density at radius 1 is 1.06 bits per heavy atom. The van der Waals surface area contributed by atoms with Crippen LogP contribution in [0.15, 0.2) is 30.9 Å². The van der Waals surface area contributed by atoms with Crippen LogP contribution in [-0.4, -0.2) is 37.4 Å². The number of aromatic nitrogens is 4. The van der Waals surface area contributed by atoms with E-state index in [1.807, 2.05) is 6.92 Å². The van der Waals surface area contributed by atoms with Gasteiger partial charge in [-0.05, 0) is 18.6 Å². The van der Waals surface area contributed by atoms with Gasteiger partial charge in [0.05, 0.1) is 21.8 Å². The zero-order valence-electron chi connectivity index (χ0n) is 19.2. The predicted molar refractivity (Wildman–Crippen MR) is 128 cm³/mol. The molecule has 0 aliphatic rings. The molecule has 0 fully saturated rings. The molecule has 36 heavy (non-hydrogen) atoms. The summed E-state index contributed by atoms with van der Waals surface area (Å²) in [6, 6.07) is 2.02. The van der Waals surface area contributed by atoms with Crippen LogP contribution < -0.4 is 5.32 Å². The van der Waals surface area contributed by atoms with Crippen molar-refractivity contribution in [2.75, 3.05) is 5.32 Å². The second kappa shape index (κ2) is 11.7. The molecule has 3 heterocycles. The zero-order valence-corrected chi connectivity index (χ0v) is 20.8. The van der Waals surface area contributed by atoms with Gasteiger partial charge in [0.25, 0.3) is 5.91 Å². The van der Waals surface area contributed by atoms with E-state index < -0.39 is 22.7 Å². The van der Waals surface area contributed by atoms with E-state index in [9.17, 15) is 27.6 Å². The van der Waals surface area contributed by atoms with Gasteiger partial charge in [-0.2, -0.15) is 13.2 Å². The molecule has 0 radical (unpaired) electrons. The van der Waals surface area contributed by atoms with Gasteiger partial charge in [-0.15, -0.1) is 11.3 Å². The number of hydrogen-bond acceptors (Lipinski definition) is 8. The summed E-state index contributed by atoms with van der Waals surface area (Å²) in [5.41, 5.74) is -0.820. The van der Waals surface area contributed by atoms with Gasteiger partial charge >= 0.3 is 6.18 Å². The molecular weight excluding hydrogens is 519 g/mol. The normalized spacial score (nSPS) is 12.3. The average molecular weight is 540 g/mol. The van der Waals surface area contributed by atoms with E-state index in [2.05, 4.69) is 25.3 Å². The Hall–Kier alpha value is -3.25. The van der Waals surface area contributed by atoms with Crippen molar-refractivity contribution in [3.8, 4) is 0 Å². The highest BCUT2D eigenvalue weighted by Crippen LogP contribution is 2.35. The third-order valence-electron chi connectivity index (χ3n) is 5.06. The number of hydrogen-bond donors (Lipinski definition) is 1. The van der Waals surface area contributed by atoms with Crippen molar-refractivity contribution < 1.29 is 27.6 Å². The van der Waals surface area contributed by atoms with Crippen LogP contribution >= 0.6 is 22.9 Å². The van der Waals surface area contributed by atoms with Crippen LogP contribution in [0.3, 0.4) is 0 Å². The van der Waals surface area contributed by atoms with Gasteiger partial charge in [0.1, 0.15) is 28.4 Å². The summed E-state index contributed by atoms with van der Waals surface area (Å²) in [5, 5.41) is 2.18. The Bertz CT molecular complexity index is 1280. The molecule has 1 atom stereocenters. The molecule has 0 saturated carbocycles. The third kappa shape index (κ3) is 6.91. The van der Waals surface area contributed by atoms with Crippen LogP contribution in [0, 0.1) is 0 Å². The van der Waals surface area contributed by atoms with E-state index in [4.69, 9.17) is 11.6 Å². The van der Waals surface area contributed by atoms with Crippen molar-refractivity contribution in [2.45, 2.75) is 51.6 Å². The summed E-state index contributed by atoms with van der Waals surface area (Å²) < 4.78 is 39.1. The monoisotopic (exact) mass is 539 g/mol. The standard InChI is InChI=1S/C23H21ClF3N5O3S/c1-3-4-5-17(33)15-8-16(31-11-30-15)18(34)6-12(2)22-29-10-19(36-22)21(35)32-20-7-13(23(25,26)27)14(24)9-28-20/h7-12H,3-6H2,1-2H3,(H,28,32,35). The van der Waals surface area contributed by atoms with Crippen LogP contribution in [0.25, 0.3) is 0 Å². The number of alkyl halides is 3. The number of unbranched alkanes of at least 4 members (excludes halogenated alkanes) is 1. The fourth-order valence-electron chi connectivity index (χ4n) is 3.12. The number of carbonyl (C=O) groups excluding carboxylic acids is 3. The number of anilines is 1. The van der Waals surface area contributed by atoms with E-state index in [0.29, 0.717) is 17.5 Å². The van der Waals surface area contributed by atoms with Crippen LogP contribution in [-0.2, 0) is 6.18 Å². The van der Waals surface area contributed by atoms with Gasteiger partial charge in [0, 0.05) is 25.0 Å². The molecule has 190 valence electrons. The van der Waals surface area contributed by atoms with Crippen molar-refractivity contribution in [1.82, 2.24) is 19.9 Å². The molecule has 3 aromatic rings. The topological polar surface area (TPSA) is 115 Å². The summed E-state index contributed by atoms with van der Waals surface area (Å²) in [4.78, 5) is 53.3. The molecular formula is C23H21ClF3N5O3S. The predicted octanol–water partition coefficient (Wildman–Crippen LogP) is 6.00. The van der Waals surface area contributed by atoms with Crippen molar-refractivity contribution in [3.63, 3.8) is 0 Å². The lowest BCUT2D eigenvalue weighted by Gasteiger charge is -2.10. The first-order valence-corrected chi connectivity index (χ1v) is 12.1. The van der Waals surface area contributed by atoms with E-state index >= 15 is 0 Å². The maximum atomic E-state index is 13.0. The first-order chi connectivity index (χ1) is 17.0. The quantitative estimate of drug-likeness (QED) is 0.314. The Kier molecular flexibility index (Phi) is 8.85. The van der Waals surface area contributed by atoms with Gasteiger partial charge in [-0.3, -0.25) is 14.4 Å². The van der Waals surface area contributed by atoms with Gasteiger partial charge in [-0.25, -0.2) is 19.9 Å². The Morgan fingerprint density at radius 3 is 2.42 bits per heavy atom. The molecule has 0 saturated heterocycles. The van der Waals surface area contributed by atoms with E-state index in [-0.39, 0.29) is 46.0 Å². The fourth-order valence-corrected chi connectivity index (χ4v) is 4.20. The molecule has 0 aromatic carbocycles. The maximum absolute atomic E-state index is 13.0. The molecule has 0 aliphatic heterocycles. The number of amides is 1. The lowest BCUT2D eigenvalue weighted by molar-refractivity contribution is -0.137. The average Bonchev–Trinajstić information content (AvgIpc) is 3.34. The van der Waals surface area contributed by atoms with Crippen molar-refractivity contribution in [1.29, 1.82) is 0 Å². The van der Waals surface area contributed by atoms with Gasteiger partial charge in [0.2, 0.25) is 0 Å². The number of nitrogens with zero attached hydrogens (tertiary/aromatic N) is 4. The molecule has 1 N–H and O–H groups in total. The molecule has 0 bridgehead atoms. The summed E-state index contributed by atoms with van der Waals surface area (Å²) in [6.07, 6.45) is 0.490. The lowest BCUT2D eigenvalue weighted by atomic mass is 10.0. The van der Waals surface area contributed by atoms with Crippen LogP contribution in [0.5, 0.6) is 0 Å². The van der Waals surface area contributed by atoms with Crippen molar-refractivity contribution in [3.05, 3.63) is 62.7 Å². The van der Waals surface area contributed by atoms with Crippen LogP contribution in [0.2, 0.25) is 5.02 Å². The molecule has 8 nitrogen and oxygen atoms in total. The van der Waals surface area contributed by atoms with Gasteiger partial charge in [0.15, 0.2) is 11.6 Å². The zero-order chi connectivity index (χ0) is 26.5. The molecule has 1 unspecified atom stereocenters. The molecule has 3 rings (SSSR count). The van der Waals surface area contributed by atoms with Gasteiger partial charge < -0.3 is 5.32 Å². The number of carbonyl (C=O) groups is 3. The highest BCUT2D eigenvalue weighted by molar-refractivity contribution is 7.13. The Morgan fingerprint density at radius 2 is 1.75 bits per heavy atom. The highest BCUT2D eigenvalue weighted by atomic mass is 35.5. The third-order valence-corrected chi connectivity index (χ3v) is 6.59. The SMILES string of the molecule is CCCCC(=O)c1cc(C(=O)CC(C)c2ncc(C(=O)Nc3cc(C(F)(F)F)c(Cl)cn3)s2)ncn1. The second-order valence-electron chi connectivity index (χ2n) is 7.91.